The fourth-order valence-electron chi connectivity index (χ4n) is 0.844. The van der Waals surface area contributed by atoms with E-state index in [1.165, 1.54) is 29.7 Å². The molecular weight excluding hydrogens is 257 g/mol. The van der Waals surface area contributed by atoms with Crippen LogP contribution in [0.4, 0.5) is 4.39 Å². The molecule has 0 atom stereocenters. The molecule has 13 heavy (non-hydrogen) atoms. The number of hydrogen-bond donors (Lipinski definition) is 0. The number of halogens is 2. The largest absolute Gasteiger partial charge is 0.251 e. The first kappa shape index (κ1) is 8.71. The topological polar surface area (TPSA) is 38.7 Å². The van der Waals surface area contributed by atoms with Crippen LogP contribution in [0.25, 0.3) is 10.7 Å². The number of hydrogen-bond acceptors (Lipinski definition) is 4. The standard InChI is InChI=1S/C7H3BrFN3S/c8-7-12-11-6(13-7)5-4(9)2-1-3-10-5/h1-3H. The third kappa shape index (κ3) is 1.73. The Hall–Kier alpha value is -0.880. The Kier molecular flexibility index (Phi) is 2.32. The zero-order chi connectivity index (χ0) is 9.26. The molecule has 0 aliphatic rings. The first-order valence-electron chi connectivity index (χ1n) is 3.37. The van der Waals surface area contributed by atoms with Crippen LogP contribution in [-0.2, 0) is 0 Å². The molecule has 2 rings (SSSR count). The molecule has 2 heterocycles. The normalized spacial score (nSPS) is 10.3. The van der Waals surface area contributed by atoms with E-state index in [-0.39, 0.29) is 11.5 Å². The maximum atomic E-state index is 13.1. The van der Waals surface area contributed by atoms with Crippen molar-refractivity contribution in [2.24, 2.45) is 0 Å². The summed E-state index contributed by atoms with van der Waals surface area (Å²) in [6.07, 6.45) is 1.52. The molecule has 0 spiro atoms. The molecule has 0 N–H and O–H groups in total. The van der Waals surface area contributed by atoms with Crippen LogP contribution in [-0.4, -0.2) is 15.2 Å². The van der Waals surface area contributed by atoms with Crippen molar-refractivity contribution in [3.63, 3.8) is 0 Å². The van der Waals surface area contributed by atoms with E-state index in [0.717, 1.165) is 0 Å². The maximum Gasteiger partial charge on any atom is 0.183 e. The molecule has 3 nitrogen and oxygen atoms in total. The highest BCUT2D eigenvalue weighted by atomic mass is 79.9. The minimum Gasteiger partial charge on any atom is -0.251 e. The van der Waals surface area contributed by atoms with Gasteiger partial charge in [-0.3, -0.25) is 4.98 Å². The van der Waals surface area contributed by atoms with Gasteiger partial charge in [0.1, 0.15) is 5.69 Å². The average molecular weight is 260 g/mol. The first-order chi connectivity index (χ1) is 6.27. The molecule has 0 bridgehead atoms. The molecule has 0 unspecified atom stereocenters. The predicted molar refractivity (Wildman–Crippen MR) is 50.8 cm³/mol. The molecule has 0 aliphatic heterocycles. The van der Waals surface area contributed by atoms with Crippen LogP contribution in [0.15, 0.2) is 22.2 Å². The summed E-state index contributed by atoms with van der Waals surface area (Å²) >= 11 is 4.40. The van der Waals surface area contributed by atoms with Crippen LogP contribution < -0.4 is 0 Å². The van der Waals surface area contributed by atoms with E-state index < -0.39 is 0 Å². The molecule has 0 saturated carbocycles. The summed E-state index contributed by atoms with van der Waals surface area (Å²) in [7, 11) is 0. The van der Waals surface area contributed by atoms with Crippen LogP contribution in [0.2, 0.25) is 0 Å². The van der Waals surface area contributed by atoms with E-state index >= 15 is 0 Å². The second-order valence-electron chi connectivity index (χ2n) is 2.19. The van der Waals surface area contributed by atoms with Gasteiger partial charge in [-0.05, 0) is 28.1 Å². The minimum atomic E-state index is -0.383. The summed E-state index contributed by atoms with van der Waals surface area (Å²) in [5, 5.41) is 7.96. The highest BCUT2D eigenvalue weighted by Crippen LogP contribution is 2.26. The van der Waals surface area contributed by atoms with Gasteiger partial charge >= 0.3 is 0 Å². The zero-order valence-electron chi connectivity index (χ0n) is 6.24. The van der Waals surface area contributed by atoms with Crippen molar-refractivity contribution in [1.29, 1.82) is 0 Å². The van der Waals surface area contributed by atoms with Crippen molar-refractivity contribution in [1.82, 2.24) is 15.2 Å². The summed E-state index contributed by atoms with van der Waals surface area (Å²) in [5.74, 6) is -0.383. The Morgan fingerprint density at radius 3 is 2.85 bits per heavy atom. The van der Waals surface area contributed by atoms with Crippen molar-refractivity contribution >= 4 is 27.3 Å². The van der Waals surface area contributed by atoms with E-state index in [1.807, 2.05) is 0 Å². The van der Waals surface area contributed by atoms with Crippen LogP contribution in [0, 0.1) is 5.82 Å². The van der Waals surface area contributed by atoms with Crippen molar-refractivity contribution in [3.05, 3.63) is 28.1 Å². The Labute approximate surface area is 85.8 Å². The van der Waals surface area contributed by atoms with Gasteiger partial charge in [-0.15, -0.1) is 10.2 Å². The van der Waals surface area contributed by atoms with E-state index in [4.69, 9.17) is 0 Å². The van der Waals surface area contributed by atoms with E-state index in [0.29, 0.717) is 8.92 Å². The lowest BCUT2D eigenvalue weighted by Gasteiger charge is -1.93. The fourth-order valence-corrected chi connectivity index (χ4v) is 1.95. The molecule has 0 aromatic carbocycles. The van der Waals surface area contributed by atoms with Gasteiger partial charge in [0.15, 0.2) is 14.7 Å². The van der Waals surface area contributed by atoms with Crippen molar-refractivity contribution < 1.29 is 4.39 Å². The van der Waals surface area contributed by atoms with Gasteiger partial charge in [-0.2, -0.15) is 0 Å². The second kappa shape index (κ2) is 3.47. The van der Waals surface area contributed by atoms with Crippen molar-refractivity contribution in [2.45, 2.75) is 0 Å². The molecule has 2 aromatic heterocycles. The Balaban J connectivity index is 2.52. The number of aromatic nitrogens is 3. The first-order valence-corrected chi connectivity index (χ1v) is 4.98. The summed E-state index contributed by atoms with van der Waals surface area (Å²) < 4.78 is 13.8. The molecule has 2 aromatic rings. The van der Waals surface area contributed by atoms with Crippen LogP contribution >= 0.6 is 27.3 Å². The Morgan fingerprint density at radius 1 is 1.38 bits per heavy atom. The monoisotopic (exact) mass is 259 g/mol. The lowest BCUT2D eigenvalue weighted by atomic mass is 10.3. The molecule has 0 saturated heterocycles. The summed E-state index contributed by atoms with van der Waals surface area (Å²) in [6, 6.07) is 2.88. The van der Waals surface area contributed by atoms with Gasteiger partial charge < -0.3 is 0 Å². The van der Waals surface area contributed by atoms with Crippen molar-refractivity contribution in [3.8, 4) is 10.7 Å². The number of nitrogens with zero attached hydrogens (tertiary/aromatic N) is 3. The van der Waals surface area contributed by atoms with Crippen molar-refractivity contribution in [2.75, 3.05) is 0 Å². The summed E-state index contributed by atoms with van der Waals surface area (Å²) in [6.45, 7) is 0. The van der Waals surface area contributed by atoms with Crippen LogP contribution in [0.3, 0.4) is 0 Å². The Morgan fingerprint density at radius 2 is 2.23 bits per heavy atom. The van der Waals surface area contributed by atoms with E-state index in [1.54, 1.807) is 0 Å². The van der Waals surface area contributed by atoms with Gasteiger partial charge in [0, 0.05) is 6.20 Å². The summed E-state index contributed by atoms with van der Waals surface area (Å²) in [4.78, 5) is 3.87. The minimum absolute atomic E-state index is 0.241. The van der Waals surface area contributed by atoms with Gasteiger partial charge in [0.05, 0.1) is 0 Å². The molecular formula is C7H3BrFN3S. The van der Waals surface area contributed by atoms with Crippen LogP contribution in [0.5, 0.6) is 0 Å². The van der Waals surface area contributed by atoms with Gasteiger partial charge in [0.2, 0.25) is 0 Å². The lowest BCUT2D eigenvalue weighted by molar-refractivity contribution is 0.625. The average Bonchev–Trinajstić information content (AvgIpc) is 2.53. The van der Waals surface area contributed by atoms with Gasteiger partial charge in [0.25, 0.3) is 0 Å². The second-order valence-corrected chi connectivity index (χ2v) is 4.45. The molecule has 0 fully saturated rings. The SMILES string of the molecule is Fc1cccnc1-c1nnc(Br)s1. The van der Waals surface area contributed by atoms with E-state index in [2.05, 4.69) is 31.1 Å². The van der Waals surface area contributed by atoms with Gasteiger partial charge in [-0.25, -0.2) is 4.39 Å². The predicted octanol–water partition coefficient (Wildman–Crippen LogP) is 2.50. The maximum absolute atomic E-state index is 13.1. The lowest BCUT2D eigenvalue weighted by Crippen LogP contribution is -1.86. The molecule has 6 heteroatoms. The van der Waals surface area contributed by atoms with Crippen LogP contribution in [0.1, 0.15) is 0 Å². The third-order valence-corrected chi connectivity index (χ3v) is 2.72. The molecule has 0 radical (unpaired) electrons. The molecule has 0 aliphatic carbocycles. The zero-order valence-corrected chi connectivity index (χ0v) is 8.64. The van der Waals surface area contributed by atoms with E-state index in [9.17, 15) is 4.39 Å². The summed E-state index contributed by atoms with van der Waals surface area (Å²) in [5.41, 5.74) is 0.241. The highest BCUT2D eigenvalue weighted by molar-refractivity contribution is 9.11. The Bertz CT molecular complexity index is 431. The third-order valence-electron chi connectivity index (χ3n) is 1.36. The fraction of sp³-hybridized carbons (Fsp3) is 0. The highest BCUT2D eigenvalue weighted by Gasteiger charge is 2.10. The molecule has 66 valence electrons. The quantitative estimate of drug-likeness (QED) is 0.790. The number of pyridine rings is 1. The van der Waals surface area contributed by atoms with Gasteiger partial charge in [-0.1, -0.05) is 11.3 Å². The number of rotatable bonds is 1. The molecule has 0 amide bonds. The smallest absolute Gasteiger partial charge is 0.183 e.